The summed E-state index contributed by atoms with van der Waals surface area (Å²) in [4.78, 5) is 11.6. The summed E-state index contributed by atoms with van der Waals surface area (Å²) in [5, 5.41) is 4.02. The predicted molar refractivity (Wildman–Crippen MR) is 74.5 cm³/mol. The van der Waals surface area contributed by atoms with Crippen molar-refractivity contribution in [2.24, 2.45) is 0 Å². The number of sulfonamides is 1. The highest BCUT2D eigenvalue weighted by molar-refractivity contribution is 7.91. The number of carbonyl (C=O) groups is 1. The van der Waals surface area contributed by atoms with Crippen LogP contribution in [-0.2, 0) is 14.8 Å². The largest absolute Gasteiger partial charge is 0.325 e. The first-order chi connectivity index (χ1) is 9.47. The lowest BCUT2D eigenvalue weighted by Crippen LogP contribution is -2.32. The molecule has 0 aliphatic heterocycles. The Morgan fingerprint density at radius 1 is 1.25 bits per heavy atom. The lowest BCUT2D eigenvalue weighted by molar-refractivity contribution is -0.115. The van der Waals surface area contributed by atoms with Crippen molar-refractivity contribution in [2.45, 2.75) is 4.21 Å². The average molecular weight is 314 g/mol. The molecule has 0 spiro atoms. The summed E-state index contributed by atoms with van der Waals surface area (Å²) in [5.41, 5.74) is 0.269. The molecule has 2 rings (SSSR count). The molecule has 1 heterocycles. The van der Waals surface area contributed by atoms with E-state index < -0.39 is 28.3 Å². The Labute approximate surface area is 119 Å². The van der Waals surface area contributed by atoms with Gasteiger partial charge in [-0.05, 0) is 29.6 Å². The number of hydrogen-bond acceptors (Lipinski definition) is 4. The van der Waals surface area contributed by atoms with Gasteiger partial charge in [0, 0.05) is 5.69 Å². The monoisotopic (exact) mass is 314 g/mol. The molecule has 0 bridgehead atoms. The number of carbonyl (C=O) groups excluding carboxylic acids is 1. The Kier molecular flexibility index (Phi) is 4.48. The zero-order chi connectivity index (χ0) is 14.6. The second-order valence-electron chi connectivity index (χ2n) is 3.82. The van der Waals surface area contributed by atoms with Gasteiger partial charge in [-0.2, -0.15) is 0 Å². The fraction of sp³-hybridized carbons (Fsp3) is 0.0833. The topological polar surface area (TPSA) is 75.3 Å². The molecular weight excluding hydrogens is 303 g/mol. The molecule has 0 aliphatic carbocycles. The van der Waals surface area contributed by atoms with Crippen LogP contribution >= 0.6 is 11.3 Å². The maximum Gasteiger partial charge on any atom is 0.250 e. The molecule has 2 aromatic rings. The van der Waals surface area contributed by atoms with E-state index in [1.807, 2.05) is 0 Å². The zero-order valence-corrected chi connectivity index (χ0v) is 11.8. The maximum atomic E-state index is 12.9. The molecule has 0 saturated heterocycles. The second kappa shape index (κ2) is 6.12. The number of nitrogens with one attached hydrogen (secondary N) is 2. The number of anilines is 1. The summed E-state index contributed by atoms with van der Waals surface area (Å²) >= 11 is 1.06. The first-order valence-electron chi connectivity index (χ1n) is 5.56. The summed E-state index contributed by atoms with van der Waals surface area (Å²) in [6.45, 7) is -0.420. The average Bonchev–Trinajstić information content (AvgIpc) is 2.91. The number of hydrogen-bond donors (Lipinski definition) is 2. The van der Waals surface area contributed by atoms with E-state index in [0.717, 1.165) is 17.4 Å². The quantitative estimate of drug-likeness (QED) is 0.884. The second-order valence-corrected chi connectivity index (χ2v) is 6.76. The van der Waals surface area contributed by atoms with E-state index in [2.05, 4.69) is 10.0 Å². The summed E-state index contributed by atoms with van der Waals surface area (Å²) < 4.78 is 38.8. The maximum absolute atomic E-state index is 12.9. The first-order valence-corrected chi connectivity index (χ1v) is 7.92. The van der Waals surface area contributed by atoms with Gasteiger partial charge in [0.25, 0.3) is 10.0 Å². The SMILES string of the molecule is O=C(CNS(=O)(=O)c1cccs1)Nc1cccc(F)c1. The number of amides is 1. The molecule has 20 heavy (non-hydrogen) atoms. The zero-order valence-electron chi connectivity index (χ0n) is 10.2. The molecular formula is C12H11FN2O3S2. The molecule has 5 nitrogen and oxygen atoms in total. The minimum absolute atomic E-state index is 0.135. The van der Waals surface area contributed by atoms with Crippen LogP contribution in [-0.4, -0.2) is 20.9 Å². The number of rotatable bonds is 5. The smallest absolute Gasteiger partial charge is 0.250 e. The molecule has 106 valence electrons. The summed E-state index contributed by atoms with van der Waals surface area (Å²) in [6.07, 6.45) is 0. The van der Waals surface area contributed by atoms with E-state index in [-0.39, 0.29) is 9.90 Å². The molecule has 0 aliphatic rings. The molecule has 1 aromatic heterocycles. The Bertz CT molecular complexity index is 699. The van der Waals surface area contributed by atoms with Gasteiger partial charge in [0.2, 0.25) is 5.91 Å². The Balaban J connectivity index is 1.93. The highest BCUT2D eigenvalue weighted by atomic mass is 32.2. The van der Waals surface area contributed by atoms with E-state index in [0.29, 0.717) is 0 Å². The van der Waals surface area contributed by atoms with Crippen molar-refractivity contribution < 1.29 is 17.6 Å². The van der Waals surface area contributed by atoms with Crippen molar-refractivity contribution >= 4 is 33.0 Å². The van der Waals surface area contributed by atoms with Gasteiger partial charge < -0.3 is 5.32 Å². The first kappa shape index (κ1) is 14.6. The molecule has 1 aromatic carbocycles. The highest BCUT2D eigenvalue weighted by Crippen LogP contribution is 2.15. The van der Waals surface area contributed by atoms with Gasteiger partial charge in [-0.15, -0.1) is 11.3 Å². The number of halogens is 1. The molecule has 8 heteroatoms. The Hall–Kier alpha value is -1.77. The molecule has 1 amide bonds. The van der Waals surface area contributed by atoms with Crippen molar-refractivity contribution in [3.8, 4) is 0 Å². The van der Waals surface area contributed by atoms with E-state index in [9.17, 15) is 17.6 Å². The van der Waals surface area contributed by atoms with Crippen LogP contribution in [0.5, 0.6) is 0 Å². The molecule has 0 saturated carbocycles. The predicted octanol–water partition coefficient (Wildman–Crippen LogP) is 1.80. The van der Waals surface area contributed by atoms with Crippen molar-refractivity contribution in [3.63, 3.8) is 0 Å². The summed E-state index contributed by atoms with van der Waals surface area (Å²) in [5.74, 6) is -1.06. The lowest BCUT2D eigenvalue weighted by Gasteiger charge is -2.06. The van der Waals surface area contributed by atoms with Gasteiger partial charge in [0.05, 0.1) is 6.54 Å². The minimum atomic E-state index is -3.68. The molecule has 0 fully saturated rings. The van der Waals surface area contributed by atoms with Crippen LogP contribution in [0.4, 0.5) is 10.1 Å². The van der Waals surface area contributed by atoms with E-state index in [1.165, 1.54) is 24.3 Å². The van der Waals surface area contributed by atoms with Crippen LogP contribution in [0.3, 0.4) is 0 Å². The third kappa shape index (κ3) is 3.86. The van der Waals surface area contributed by atoms with Crippen LogP contribution in [0.2, 0.25) is 0 Å². The molecule has 0 atom stereocenters. The molecule has 2 N–H and O–H groups in total. The summed E-state index contributed by atoms with van der Waals surface area (Å²) in [7, 11) is -3.68. The summed E-state index contributed by atoms with van der Waals surface area (Å²) in [6, 6.07) is 8.39. The van der Waals surface area contributed by atoms with E-state index in [1.54, 1.807) is 11.4 Å². The van der Waals surface area contributed by atoms with Crippen molar-refractivity contribution in [3.05, 3.63) is 47.6 Å². The van der Waals surface area contributed by atoms with E-state index >= 15 is 0 Å². The fourth-order valence-corrected chi connectivity index (χ4v) is 3.44. The van der Waals surface area contributed by atoms with Gasteiger partial charge in [-0.25, -0.2) is 17.5 Å². The van der Waals surface area contributed by atoms with Gasteiger partial charge in [0.15, 0.2) is 0 Å². The molecule has 0 radical (unpaired) electrons. The third-order valence-corrected chi connectivity index (χ3v) is 5.09. The highest BCUT2D eigenvalue weighted by Gasteiger charge is 2.16. The van der Waals surface area contributed by atoms with Crippen LogP contribution in [0.25, 0.3) is 0 Å². The van der Waals surface area contributed by atoms with E-state index in [4.69, 9.17) is 0 Å². The van der Waals surface area contributed by atoms with Gasteiger partial charge >= 0.3 is 0 Å². The van der Waals surface area contributed by atoms with Crippen LogP contribution in [0.15, 0.2) is 46.0 Å². The Morgan fingerprint density at radius 2 is 2.05 bits per heavy atom. The minimum Gasteiger partial charge on any atom is -0.325 e. The lowest BCUT2D eigenvalue weighted by atomic mass is 10.3. The number of benzene rings is 1. The van der Waals surface area contributed by atoms with Crippen LogP contribution in [0, 0.1) is 5.82 Å². The van der Waals surface area contributed by atoms with Crippen LogP contribution < -0.4 is 10.0 Å². The van der Waals surface area contributed by atoms with Gasteiger partial charge in [-0.3, -0.25) is 4.79 Å². The standard InChI is InChI=1S/C12H11FN2O3S2/c13-9-3-1-4-10(7-9)15-11(16)8-14-20(17,18)12-5-2-6-19-12/h1-7,14H,8H2,(H,15,16). The van der Waals surface area contributed by atoms with Crippen molar-refractivity contribution in [1.82, 2.24) is 4.72 Å². The molecule has 0 unspecified atom stereocenters. The van der Waals surface area contributed by atoms with Crippen molar-refractivity contribution in [1.29, 1.82) is 0 Å². The van der Waals surface area contributed by atoms with Gasteiger partial charge in [-0.1, -0.05) is 12.1 Å². The fourth-order valence-electron chi connectivity index (χ4n) is 1.42. The van der Waals surface area contributed by atoms with Crippen molar-refractivity contribution in [2.75, 3.05) is 11.9 Å². The third-order valence-electron chi connectivity index (χ3n) is 2.29. The Morgan fingerprint density at radius 3 is 2.70 bits per heavy atom. The normalized spacial score (nSPS) is 11.2. The number of thiophene rings is 1. The van der Waals surface area contributed by atoms with Gasteiger partial charge in [0.1, 0.15) is 10.0 Å². The van der Waals surface area contributed by atoms with Crippen LogP contribution in [0.1, 0.15) is 0 Å².